The third kappa shape index (κ3) is 6.01. The normalized spacial score (nSPS) is 10.9. The summed E-state index contributed by atoms with van der Waals surface area (Å²) >= 11 is 14.2. The number of halogens is 2. The van der Waals surface area contributed by atoms with Crippen LogP contribution in [0.25, 0.3) is 0 Å². The number of rotatable bonds is 11. The van der Waals surface area contributed by atoms with Gasteiger partial charge in [0.05, 0.1) is 7.11 Å². The van der Waals surface area contributed by atoms with E-state index < -0.39 is 0 Å². The van der Waals surface area contributed by atoms with Crippen molar-refractivity contribution in [1.29, 1.82) is 0 Å². The second-order valence-corrected chi connectivity index (χ2v) is 8.28. The van der Waals surface area contributed by atoms with Gasteiger partial charge in [0.25, 0.3) is 0 Å². The lowest BCUT2D eigenvalue weighted by molar-refractivity contribution is 0.281. The molecular formula is C20H23Cl2N5O2S. The van der Waals surface area contributed by atoms with Crippen LogP contribution in [0.5, 0.6) is 11.5 Å². The fourth-order valence-electron chi connectivity index (χ4n) is 2.77. The largest absolute Gasteiger partial charge is 0.493 e. The van der Waals surface area contributed by atoms with Crippen LogP contribution in [0.3, 0.4) is 0 Å². The second kappa shape index (κ2) is 11.4. The molecule has 1 N–H and O–H groups in total. The van der Waals surface area contributed by atoms with Crippen molar-refractivity contribution in [2.24, 2.45) is 7.05 Å². The van der Waals surface area contributed by atoms with Crippen LogP contribution in [0.2, 0.25) is 10.0 Å². The standard InChI is InChI=1S/C20H23Cl2N5O2S/c1-27-20(24-25-26-27)30-11-5-10-23-12-14-6-3-9-18(28-2)19(14)29-13-15-16(21)7-4-8-17(15)22/h3-4,6-9,23H,5,10-13H2,1-2H3. The lowest BCUT2D eigenvalue weighted by Gasteiger charge is -2.16. The number of para-hydroxylation sites is 1. The predicted octanol–water partition coefficient (Wildman–Crippen LogP) is 4.38. The number of aryl methyl sites for hydroxylation is 1. The summed E-state index contributed by atoms with van der Waals surface area (Å²) in [4.78, 5) is 0. The average Bonchev–Trinajstić information content (AvgIpc) is 3.15. The minimum Gasteiger partial charge on any atom is -0.493 e. The molecule has 0 unspecified atom stereocenters. The SMILES string of the molecule is COc1cccc(CNCCCSc2nnnn2C)c1OCc1c(Cl)cccc1Cl. The van der Waals surface area contributed by atoms with Gasteiger partial charge < -0.3 is 14.8 Å². The van der Waals surface area contributed by atoms with Crippen molar-refractivity contribution < 1.29 is 9.47 Å². The number of nitrogens with one attached hydrogen (secondary N) is 1. The molecule has 0 fully saturated rings. The lowest BCUT2D eigenvalue weighted by Crippen LogP contribution is -2.16. The molecule has 0 saturated heterocycles. The van der Waals surface area contributed by atoms with Crippen molar-refractivity contribution in [3.05, 3.63) is 57.6 Å². The third-order valence-corrected chi connectivity index (χ3v) is 6.13. The monoisotopic (exact) mass is 467 g/mol. The molecular weight excluding hydrogens is 445 g/mol. The molecule has 0 aliphatic rings. The Morgan fingerprint density at radius 1 is 1.13 bits per heavy atom. The Morgan fingerprint density at radius 3 is 2.60 bits per heavy atom. The molecule has 10 heteroatoms. The minimum atomic E-state index is 0.258. The fourth-order valence-corrected chi connectivity index (χ4v) is 4.06. The molecule has 7 nitrogen and oxygen atoms in total. The third-order valence-electron chi connectivity index (χ3n) is 4.33. The highest BCUT2D eigenvalue weighted by atomic mass is 35.5. The van der Waals surface area contributed by atoms with Gasteiger partial charge in [-0.15, -0.1) is 5.10 Å². The fraction of sp³-hybridized carbons (Fsp3) is 0.350. The van der Waals surface area contributed by atoms with Gasteiger partial charge >= 0.3 is 0 Å². The molecule has 0 bridgehead atoms. The van der Waals surface area contributed by atoms with E-state index in [-0.39, 0.29) is 6.61 Å². The molecule has 0 saturated carbocycles. The van der Waals surface area contributed by atoms with Crippen LogP contribution >= 0.6 is 35.0 Å². The van der Waals surface area contributed by atoms with Gasteiger partial charge in [0.2, 0.25) is 5.16 Å². The van der Waals surface area contributed by atoms with Crippen molar-refractivity contribution in [2.75, 3.05) is 19.4 Å². The van der Waals surface area contributed by atoms with Gasteiger partial charge in [-0.2, -0.15) is 0 Å². The van der Waals surface area contributed by atoms with E-state index in [0.717, 1.165) is 35.0 Å². The number of methoxy groups -OCH3 is 1. The first-order chi connectivity index (χ1) is 14.6. The Bertz CT molecular complexity index is 950. The highest BCUT2D eigenvalue weighted by Crippen LogP contribution is 2.33. The summed E-state index contributed by atoms with van der Waals surface area (Å²) in [5, 5.41) is 16.8. The number of hydrogen-bond donors (Lipinski definition) is 1. The van der Waals surface area contributed by atoms with E-state index >= 15 is 0 Å². The summed E-state index contributed by atoms with van der Waals surface area (Å²) in [5.41, 5.74) is 1.75. The smallest absolute Gasteiger partial charge is 0.209 e. The van der Waals surface area contributed by atoms with Crippen molar-refractivity contribution in [1.82, 2.24) is 25.5 Å². The Morgan fingerprint density at radius 2 is 1.90 bits per heavy atom. The zero-order valence-electron chi connectivity index (χ0n) is 16.8. The van der Waals surface area contributed by atoms with E-state index in [0.29, 0.717) is 28.1 Å². The summed E-state index contributed by atoms with van der Waals surface area (Å²) in [5.74, 6) is 2.28. The van der Waals surface area contributed by atoms with E-state index in [2.05, 4.69) is 20.8 Å². The number of benzene rings is 2. The van der Waals surface area contributed by atoms with Crippen molar-refractivity contribution in [3.63, 3.8) is 0 Å². The van der Waals surface area contributed by atoms with Gasteiger partial charge in [0, 0.05) is 40.5 Å². The average molecular weight is 468 g/mol. The zero-order chi connectivity index (χ0) is 21.3. The van der Waals surface area contributed by atoms with E-state index in [9.17, 15) is 0 Å². The quantitative estimate of drug-likeness (QED) is 0.331. The van der Waals surface area contributed by atoms with Crippen LogP contribution in [0, 0.1) is 0 Å². The van der Waals surface area contributed by atoms with Crippen molar-refractivity contribution >= 4 is 35.0 Å². The summed E-state index contributed by atoms with van der Waals surface area (Å²) in [7, 11) is 3.46. The molecule has 0 radical (unpaired) electrons. The van der Waals surface area contributed by atoms with Crippen molar-refractivity contribution in [2.45, 2.75) is 24.7 Å². The van der Waals surface area contributed by atoms with Gasteiger partial charge in [0.1, 0.15) is 6.61 Å². The number of tetrazole rings is 1. The lowest BCUT2D eigenvalue weighted by atomic mass is 10.1. The molecule has 160 valence electrons. The van der Waals surface area contributed by atoms with E-state index in [4.69, 9.17) is 32.7 Å². The van der Waals surface area contributed by atoms with Crippen LogP contribution < -0.4 is 14.8 Å². The molecule has 0 amide bonds. The highest BCUT2D eigenvalue weighted by Gasteiger charge is 2.13. The second-order valence-electron chi connectivity index (χ2n) is 6.40. The van der Waals surface area contributed by atoms with Crippen LogP contribution in [0.4, 0.5) is 0 Å². The van der Waals surface area contributed by atoms with E-state index in [1.807, 2.05) is 31.3 Å². The summed E-state index contributed by atoms with van der Waals surface area (Å²) in [6.07, 6.45) is 0.979. The molecule has 0 aliphatic heterocycles. The molecule has 2 aromatic carbocycles. The molecule has 3 aromatic rings. The van der Waals surface area contributed by atoms with Gasteiger partial charge in [0.15, 0.2) is 11.5 Å². The zero-order valence-corrected chi connectivity index (χ0v) is 19.1. The molecule has 1 aromatic heterocycles. The van der Waals surface area contributed by atoms with Crippen LogP contribution in [-0.4, -0.2) is 39.6 Å². The number of thioether (sulfide) groups is 1. The summed E-state index contributed by atoms with van der Waals surface area (Å²) in [6, 6.07) is 11.2. The first-order valence-corrected chi connectivity index (χ1v) is 11.1. The molecule has 0 aliphatic carbocycles. The van der Waals surface area contributed by atoms with Gasteiger partial charge in [-0.25, -0.2) is 4.68 Å². The molecule has 1 heterocycles. The number of aromatic nitrogens is 4. The van der Waals surface area contributed by atoms with Gasteiger partial charge in [-0.05, 0) is 41.6 Å². The van der Waals surface area contributed by atoms with E-state index in [1.165, 1.54) is 0 Å². The van der Waals surface area contributed by atoms with Crippen LogP contribution in [0.15, 0.2) is 41.6 Å². The first-order valence-electron chi connectivity index (χ1n) is 9.37. The Hall–Kier alpha value is -2.00. The van der Waals surface area contributed by atoms with Gasteiger partial charge in [-0.3, -0.25) is 0 Å². The van der Waals surface area contributed by atoms with Crippen LogP contribution in [0.1, 0.15) is 17.5 Å². The highest BCUT2D eigenvalue weighted by molar-refractivity contribution is 7.99. The maximum atomic E-state index is 6.26. The summed E-state index contributed by atoms with van der Waals surface area (Å²) < 4.78 is 13.2. The number of nitrogens with zero attached hydrogens (tertiary/aromatic N) is 4. The molecule has 30 heavy (non-hydrogen) atoms. The van der Waals surface area contributed by atoms with Gasteiger partial charge in [-0.1, -0.05) is 53.2 Å². The van der Waals surface area contributed by atoms with E-state index in [1.54, 1.807) is 35.7 Å². The summed E-state index contributed by atoms with van der Waals surface area (Å²) in [6.45, 7) is 1.76. The molecule has 0 atom stereocenters. The van der Waals surface area contributed by atoms with Crippen molar-refractivity contribution in [3.8, 4) is 11.5 Å². The Kier molecular flexibility index (Phi) is 8.62. The minimum absolute atomic E-state index is 0.258. The molecule has 3 rings (SSSR count). The first kappa shape index (κ1) is 22.7. The number of ether oxygens (including phenoxy) is 2. The number of hydrogen-bond acceptors (Lipinski definition) is 7. The maximum Gasteiger partial charge on any atom is 0.209 e. The Balaban J connectivity index is 1.55. The predicted molar refractivity (Wildman–Crippen MR) is 120 cm³/mol. The topological polar surface area (TPSA) is 74.1 Å². The maximum absolute atomic E-state index is 6.26. The van der Waals surface area contributed by atoms with Crippen LogP contribution in [-0.2, 0) is 20.2 Å². The Labute approximate surface area is 190 Å². The molecule has 0 spiro atoms.